The average Bonchev–Trinajstić information content (AvgIpc) is 3.38. The number of carbonyl (C=O) groups excluding carboxylic acids is 1. The van der Waals surface area contributed by atoms with Gasteiger partial charge in [-0.05, 0) is 43.2 Å². The number of carbonyl (C=O) groups is 1. The fourth-order valence-corrected chi connectivity index (χ4v) is 3.70. The van der Waals surface area contributed by atoms with Crippen molar-refractivity contribution < 1.29 is 13.7 Å². The molecule has 6 nitrogen and oxygen atoms in total. The van der Waals surface area contributed by atoms with Gasteiger partial charge >= 0.3 is 0 Å². The molecule has 0 N–H and O–H groups in total. The average molecular weight is 367 g/mol. The lowest BCUT2D eigenvalue weighted by molar-refractivity contribution is 0.0947. The second-order valence-corrected chi connectivity index (χ2v) is 6.96. The largest absolute Gasteiger partial charge is 0.467 e. The van der Waals surface area contributed by atoms with E-state index in [9.17, 15) is 4.79 Å². The molecule has 0 aliphatic rings. The van der Waals surface area contributed by atoms with Crippen molar-refractivity contribution in [2.45, 2.75) is 26.8 Å². The summed E-state index contributed by atoms with van der Waals surface area (Å²) in [4.78, 5) is 19.2. The van der Waals surface area contributed by atoms with Crippen molar-refractivity contribution in [3.05, 3.63) is 65.4 Å². The van der Waals surface area contributed by atoms with Crippen LogP contribution in [0.1, 0.15) is 34.5 Å². The molecule has 0 unspecified atom stereocenters. The highest BCUT2D eigenvalue weighted by molar-refractivity contribution is 7.22. The van der Waals surface area contributed by atoms with Gasteiger partial charge in [-0.15, -0.1) is 0 Å². The van der Waals surface area contributed by atoms with Crippen molar-refractivity contribution in [1.29, 1.82) is 0 Å². The van der Waals surface area contributed by atoms with Gasteiger partial charge in [0.05, 0.1) is 28.7 Å². The van der Waals surface area contributed by atoms with Gasteiger partial charge in [-0.25, -0.2) is 4.98 Å². The quantitative estimate of drug-likeness (QED) is 0.516. The monoisotopic (exact) mass is 367 g/mol. The minimum absolute atomic E-state index is 0.183. The van der Waals surface area contributed by atoms with Crippen molar-refractivity contribution in [3.8, 4) is 0 Å². The van der Waals surface area contributed by atoms with Crippen molar-refractivity contribution in [2.24, 2.45) is 0 Å². The van der Waals surface area contributed by atoms with E-state index in [4.69, 9.17) is 8.94 Å². The minimum atomic E-state index is -0.295. The SMILES string of the molecule is CCc1ccc2nc(N(Cc3ccco3)C(=O)c3cc(C)no3)sc2c1. The fourth-order valence-electron chi connectivity index (χ4n) is 2.67. The lowest BCUT2D eigenvalue weighted by Crippen LogP contribution is -2.29. The Morgan fingerprint density at radius 1 is 1.27 bits per heavy atom. The Morgan fingerprint density at radius 2 is 2.15 bits per heavy atom. The Kier molecular flexibility index (Phi) is 4.30. The van der Waals surface area contributed by atoms with E-state index in [2.05, 4.69) is 29.2 Å². The smallest absolute Gasteiger partial charge is 0.299 e. The number of benzene rings is 1. The highest BCUT2D eigenvalue weighted by atomic mass is 32.1. The summed E-state index contributed by atoms with van der Waals surface area (Å²) in [7, 11) is 0. The highest BCUT2D eigenvalue weighted by Crippen LogP contribution is 2.31. The first-order chi connectivity index (χ1) is 12.6. The van der Waals surface area contributed by atoms with Crippen LogP contribution in [0, 0.1) is 6.92 Å². The van der Waals surface area contributed by atoms with Crippen molar-refractivity contribution in [2.75, 3.05) is 4.90 Å². The number of amides is 1. The van der Waals surface area contributed by atoms with Gasteiger partial charge in [0.1, 0.15) is 5.76 Å². The number of anilines is 1. The van der Waals surface area contributed by atoms with Gasteiger partial charge in [-0.3, -0.25) is 9.69 Å². The van der Waals surface area contributed by atoms with Crippen LogP contribution in [-0.2, 0) is 13.0 Å². The van der Waals surface area contributed by atoms with Gasteiger partial charge in [-0.1, -0.05) is 29.5 Å². The lowest BCUT2D eigenvalue weighted by atomic mass is 10.2. The van der Waals surface area contributed by atoms with Gasteiger partial charge in [0, 0.05) is 6.07 Å². The minimum Gasteiger partial charge on any atom is -0.467 e. The van der Waals surface area contributed by atoms with Crippen LogP contribution in [0.25, 0.3) is 10.2 Å². The molecule has 0 radical (unpaired) electrons. The van der Waals surface area contributed by atoms with Crippen LogP contribution < -0.4 is 4.90 Å². The highest BCUT2D eigenvalue weighted by Gasteiger charge is 2.25. The molecule has 0 atom stereocenters. The maximum Gasteiger partial charge on any atom is 0.299 e. The molecule has 0 aliphatic heterocycles. The first-order valence-electron chi connectivity index (χ1n) is 8.31. The molecule has 132 valence electrons. The second-order valence-electron chi connectivity index (χ2n) is 5.96. The van der Waals surface area contributed by atoms with E-state index in [1.54, 1.807) is 30.2 Å². The van der Waals surface area contributed by atoms with Gasteiger partial charge in [0.25, 0.3) is 5.91 Å². The molecule has 4 rings (SSSR count). The lowest BCUT2D eigenvalue weighted by Gasteiger charge is -2.16. The number of nitrogens with zero attached hydrogens (tertiary/aromatic N) is 3. The van der Waals surface area contributed by atoms with Gasteiger partial charge in [-0.2, -0.15) is 0 Å². The summed E-state index contributed by atoms with van der Waals surface area (Å²) in [6.07, 6.45) is 2.54. The molecule has 7 heteroatoms. The summed E-state index contributed by atoms with van der Waals surface area (Å²) in [6, 6.07) is 11.4. The summed E-state index contributed by atoms with van der Waals surface area (Å²) in [5.41, 5.74) is 2.76. The molecule has 1 aromatic carbocycles. The third-order valence-corrected chi connectivity index (χ3v) is 5.10. The topological polar surface area (TPSA) is 72.4 Å². The zero-order valence-electron chi connectivity index (χ0n) is 14.4. The maximum absolute atomic E-state index is 13.0. The van der Waals surface area contributed by atoms with Crippen molar-refractivity contribution in [3.63, 3.8) is 0 Å². The van der Waals surface area contributed by atoms with E-state index >= 15 is 0 Å². The molecule has 0 aliphatic carbocycles. The zero-order chi connectivity index (χ0) is 18.1. The number of fused-ring (bicyclic) bond motifs is 1. The number of furan rings is 1. The molecular formula is C19H17N3O3S. The van der Waals surface area contributed by atoms with Crippen LogP contribution >= 0.6 is 11.3 Å². The van der Waals surface area contributed by atoms with Crippen molar-refractivity contribution >= 4 is 32.6 Å². The summed E-state index contributed by atoms with van der Waals surface area (Å²) in [5, 5.41) is 4.41. The van der Waals surface area contributed by atoms with E-state index in [-0.39, 0.29) is 18.2 Å². The van der Waals surface area contributed by atoms with Crippen LogP contribution in [-0.4, -0.2) is 16.0 Å². The molecule has 3 heterocycles. The Bertz CT molecular complexity index is 1050. The number of hydrogen-bond acceptors (Lipinski definition) is 6. The molecule has 0 saturated carbocycles. The molecule has 0 saturated heterocycles. The molecule has 0 fully saturated rings. The predicted molar refractivity (Wildman–Crippen MR) is 99.5 cm³/mol. The van der Waals surface area contributed by atoms with E-state index in [0.29, 0.717) is 16.6 Å². The number of hydrogen-bond donors (Lipinski definition) is 0. The first-order valence-corrected chi connectivity index (χ1v) is 9.12. The second kappa shape index (κ2) is 6.76. The van der Waals surface area contributed by atoms with Gasteiger partial charge in [0.15, 0.2) is 5.13 Å². The maximum atomic E-state index is 13.0. The van der Waals surface area contributed by atoms with Gasteiger partial charge < -0.3 is 8.94 Å². The van der Waals surface area contributed by atoms with E-state index in [1.807, 2.05) is 12.1 Å². The standard InChI is InChI=1S/C19H17N3O3S/c1-3-13-6-7-15-17(10-13)26-19(20-15)22(11-14-5-4-8-24-14)18(23)16-9-12(2)21-25-16/h4-10H,3,11H2,1-2H3. The molecule has 0 spiro atoms. The third kappa shape index (κ3) is 3.13. The van der Waals surface area contributed by atoms with Crippen LogP contribution in [0.4, 0.5) is 5.13 Å². The number of thiazole rings is 1. The summed E-state index contributed by atoms with van der Waals surface area (Å²) >= 11 is 1.48. The van der Waals surface area contributed by atoms with Crippen molar-refractivity contribution in [1.82, 2.24) is 10.1 Å². The van der Waals surface area contributed by atoms with Crippen LogP contribution in [0.15, 0.2) is 51.6 Å². The summed E-state index contributed by atoms with van der Waals surface area (Å²) in [6.45, 7) is 4.16. The Labute approximate surface area is 154 Å². The Balaban J connectivity index is 1.75. The number of aromatic nitrogens is 2. The van der Waals surface area contributed by atoms with Crippen LogP contribution in [0.2, 0.25) is 0 Å². The number of aryl methyl sites for hydroxylation is 2. The molecule has 0 bridgehead atoms. The molecular weight excluding hydrogens is 350 g/mol. The third-order valence-electron chi connectivity index (χ3n) is 4.06. The molecule has 3 aromatic heterocycles. The number of rotatable bonds is 5. The normalized spacial score (nSPS) is 11.2. The van der Waals surface area contributed by atoms with Crippen LogP contribution in [0.5, 0.6) is 0 Å². The van der Waals surface area contributed by atoms with Gasteiger partial charge in [0.2, 0.25) is 5.76 Å². The molecule has 4 aromatic rings. The Hall–Kier alpha value is -2.93. The fraction of sp³-hybridized carbons (Fsp3) is 0.211. The van der Waals surface area contributed by atoms with E-state index in [1.165, 1.54) is 16.9 Å². The summed E-state index contributed by atoms with van der Waals surface area (Å²) in [5.74, 6) is 0.558. The molecule has 1 amide bonds. The van der Waals surface area contributed by atoms with E-state index < -0.39 is 0 Å². The van der Waals surface area contributed by atoms with Crippen LogP contribution in [0.3, 0.4) is 0 Å². The molecule has 26 heavy (non-hydrogen) atoms. The summed E-state index contributed by atoms with van der Waals surface area (Å²) < 4.78 is 11.6. The zero-order valence-corrected chi connectivity index (χ0v) is 15.2. The predicted octanol–water partition coefficient (Wildman–Crippen LogP) is 4.60. The Morgan fingerprint density at radius 3 is 2.85 bits per heavy atom. The first kappa shape index (κ1) is 16.5. The van der Waals surface area contributed by atoms with E-state index in [0.717, 1.165) is 16.6 Å².